The van der Waals surface area contributed by atoms with Gasteiger partial charge in [-0.25, -0.2) is 4.98 Å². The number of rotatable bonds is 19. The van der Waals surface area contributed by atoms with Gasteiger partial charge in [0.05, 0.1) is 24.1 Å². The molecule has 224 valence electrons. The number of unbranched alkanes of at least 4 members (excludes halogenated alkanes) is 12. The number of ether oxygens (including phenoxy) is 2. The summed E-state index contributed by atoms with van der Waals surface area (Å²) in [5.41, 5.74) is 6.07. The maximum Gasteiger partial charge on any atom is 0.305 e. The molecule has 2 aromatic rings. The molecular weight excluding hydrogens is 528 g/mol. The summed E-state index contributed by atoms with van der Waals surface area (Å²) in [6.07, 6.45) is 17.8. The van der Waals surface area contributed by atoms with Gasteiger partial charge in [0, 0.05) is 19.0 Å². The van der Waals surface area contributed by atoms with Crippen molar-refractivity contribution in [1.82, 2.24) is 14.5 Å². The standard InChI is InChI=1S/C31H49ClN4O4/c1-4-5-6-7-8-9-10-11-12-13-14-15-16-17-27(38)39-22-31(23(2)3)26(37)20-24(40-31)21-36-19-18-25-28(33)34-30(32)35-29(25)36/h18-19,24,26,37H,2,4-17,20-22H2,1,3H3,(H2,33,34,35)/t24?,26-,31-/m0/s1. The topological polar surface area (TPSA) is 112 Å². The molecule has 2 aromatic heterocycles. The Morgan fingerprint density at radius 1 is 1.12 bits per heavy atom. The summed E-state index contributed by atoms with van der Waals surface area (Å²) >= 11 is 6.00. The van der Waals surface area contributed by atoms with Crippen molar-refractivity contribution in [3.63, 3.8) is 0 Å². The summed E-state index contributed by atoms with van der Waals surface area (Å²) in [6.45, 7) is 8.47. The van der Waals surface area contributed by atoms with Crippen LogP contribution in [0.4, 0.5) is 5.82 Å². The number of carbonyl (C=O) groups is 1. The highest BCUT2D eigenvalue weighted by atomic mass is 35.5. The molecule has 0 radical (unpaired) electrons. The van der Waals surface area contributed by atoms with Crippen LogP contribution in [0.15, 0.2) is 24.4 Å². The third-order valence-corrected chi connectivity index (χ3v) is 8.25. The van der Waals surface area contributed by atoms with Crippen LogP contribution < -0.4 is 5.73 Å². The highest BCUT2D eigenvalue weighted by Crippen LogP contribution is 2.38. The normalized spacial score (nSPS) is 20.8. The fourth-order valence-corrected chi connectivity index (χ4v) is 5.76. The van der Waals surface area contributed by atoms with E-state index in [4.69, 9.17) is 26.8 Å². The van der Waals surface area contributed by atoms with Crippen LogP contribution in [0.1, 0.15) is 110 Å². The Kier molecular flexibility index (Phi) is 13.2. The van der Waals surface area contributed by atoms with Gasteiger partial charge in [0.1, 0.15) is 23.7 Å². The zero-order valence-electron chi connectivity index (χ0n) is 24.5. The van der Waals surface area contributed by atoms with Crippen molar-refractivity contribution >= 4 is 34.4 Å². The smallest absolute Gasteiger partial charge is 0.305 e. The summed E-state index contributed by atoms with van der Waals surface area (Å²) in [7, 11) is 0. The maximum absolute atomic E-state index is 12.5. The second-order valence-electron chi connectivity index (χ2n) is 11.4. The van der Waals surface area contributed by atoms with Crippen molar-refractivity contribution in [2.45, 2.75) is 135 Å². The number of hydrogen-bond donors (Lipinski definition) is 2. The molecule has 0 aromatic carbocycles. The Balaban J connectivity index is 1.35. The molecule has 9 heteroatoms. The lowest BCUT2D eigenvalue weighted by Crippen LogP contribution is -2.45. The van der Waals surface area contributed by atoms with E-state index in [1.807, 2.05) is 16.8 Å². The maximum atomic E-state index is 12.5. The van der Waals surface area contributed by atoms with Crippen molar-refractivity contribution in [3.8, 4) is 0 Å². The largest absolute Gasteiger partial charge is 0.462 e. The first-order chi connectivity index (χ1) is 19.3. The fourth-order valence-electron chi connectivity index (χ4n) is 5.59. The van der Waals surface area contributed by atoms with Crippen LogP contribution in [-0.2, 0) is 20.8 Å². The molecule has 0 saturated carbocycles. The molecule has 0 bridgehead atoms. The molecule has 0 amide bonds. The molecule has 3 atom stereocenters. The Bertz CT molecular complexity index is 1090. The van der Waals surface area contributed by atoms with E-state index >= 15 is 0 Å². The number of aromatic nitrogens is 3. The first kappa shape index (κ1) is 32.4. The van der Waals surface area contributed by atoms with E-state index < -0.39 is 11.7 Å². The molecule has 1 saturated heterocycles. The first-order valence-electron chi connectivity index (χ1n) is 15.2. The summed E-state index contributed by atoms with van der Waals surface area (Å²) in [6, 6.07) is 1.83. The zero-order valence-corrected chi connectivity index (χ0v) is 25.3. The van der Waals surface area contributed by atoms with Crippen LogP contribution in [0.2, 0.25) is 5.28 Å². The van der Waals surface area contributed by atoms with Gasteiger partial charge in [-0.3, -0.25) is 4.79 Å². The van der Waals surface area contributed by atoms with Gasteiger partial charge in [0.15, 0.2) is 0 Å². The van der Waals surface area contributed by atoms with Crippen molar-refractivity contribution < 1.29 is 19.4 Å². The summed E-state index contributed by atoms with van der Waals surface area (Å²) in [5.74, 6) is 0.0500. The van der Waals surface area contributed by atoms with Gasteiger partial charge in [-0.05, 0) is 36.6 Å². The lowest BCUT2D eigenvalue weighted by molar-refractivity contribution is -0.156. The van der Waals surface area contributed by atoms with Crippen LogP contribution in [-0.4, -0.2) is 50.0 Å². The monoisotopic (exact) mass is 576 g/mol. The molecule has 40 heavy (non-hydrogen) atoms. The number of anilines is 1. The van der Waals surface area contributed by atoms with E-state index in [1.165, 1.54) is 64.2 Å². The van der Waals surface area contributed by atoms with Gasteiger partial charge in [0.25, 0.3) is 0 Å². The Morgan fingerprint density at radius 2 is 1.73 bits per heavy atom. The highest BCUT2D eigenvalue weighted by molar-refractivity contribution is 6.28. The number of halogens is 1. The average Bonchev–Trinajstić information content (AvgIpc) is 3.46. The first-order valence-corrected chi connectivity index (χ1v) is 15.6. The van der Waals surface area contributed by atoms with E-state index in [0.717, 1.165) is 19.3 Å². The van der Waals surface area contributed by atoms with Gasteiger partial charge < -0.3 is 24.9 Å². The number of nitrogens with zero attached hydrogens (tertiary/aromatic N) is 3. The van der Waals surface area contributed by atoms with Gasteiger partial charge >= 0.3 is 5.97 Å². The van der Waals surface area contributed by atoms with Crippen LogP contribution >= 0.6 is 11.6 Å². The molecule has 1 aliphatic rings. The van der Waals surface area contributed by atoms with Crippen molar-refractivity contribution in [2.24, 2.45) is 0 Å². The predicted octanol–water partition coefficient (Wildman–Crippen LogP) is 7.16. The van der Waals surface area contributed by atoms with E-state index in [9.17, 15) is 9.90 Å². The van der Waals surface area contributed by atoms with E-state index in [-0.39, 0.29) is 24.0 Å². The second kappa shape index (κ2) is 16.3. The molecule has 3 N–H and O–H groups in total. The van der Waals surface area contributed by atoms with E-state index in [0.29, 0.717) is 41.8 Å². The van der Waals surface area contributed by atoms with E-state index in [1.54, 1.807) is 6.92 Å². The Labute approximate surface area is 244 Å². The van der Waals surface area contributed by atoms with Gasteiger partial charge in [0.2, 0.25) is 5.28 Å². The number of nitrogen functional groups attached to an aromatic ring is 1. The minimum absolute atomic E-state index is 0.0509. The van der Waals surface area contributed by atoms with Crippen LogP contribution in [0.5, 0.6) is 0 Å². The predicted molar refractivity (Wildman–Crippen MR) is 161 cm³/mol. The second-order valence-corrected chi connectivity index (χ2v) is 11.7. The van der Waals surface area contributed by atoms with Crippen molar-refractivity contribution in [1.29, 1.82) is 0 Å². The summed E-state index contributed by atoms with van der Waals surface area (Å²) < 4.78 is 13.8. The third-order valence-electron chi connectivity index (χ3n) is 8.08. The fraction of sp³-hybridized carbons (Fsp3) is 0.710. The molecule has 1 aliphatic heterocycles. The number of carbonyl (C=O) groups excluding carboxylic acids is 1. The van der Waals surface area contributed by atoms with Gasteiger partial charge in [-0.2, -0.15) is 4.98 Å². The number of hydrogen-bond acceptors (Lipinski definition) is 7. The number of aliphatic hydroxyl groups excluding tert-OH is 1. The summed E-state index contributed by atoms with van der Waals surface area (Å²) in [4.78, 5) is 20.8. The minimum atomic E-state index is -1.13. The lowest BCUT2D eigenvalue weighted by atomic mass is 9.90. The Hall–Kier alpha value is -2.16. The summed E-state index contributed by atoms with van der Waals surface area (Å²) in [5, 5.41) is 11.7. The van der Waals surface area contributed by atoms with E-state index in [2.05, 4.69) is 23.5 Å². The third kappa shape index (κ3) is 9.18. The molecular formula is C31H49ClN4O4. The van der Waals surface area contributed by atoms with Crippen molar-refractivity contribution in [2.75, 3.05) is 12.3 Å². The molecule has 3 rings (SSSR count). The van der Waals surface area contributed by atoms with Crippen molar-refractivity contribution in [3.05, 3.63) is 29.7 Å². The molecule has 0 aliphatic carbocycles. The minimum Gasteiger partial charge on any atom is -0.462 e. The molecule has 3 heterocycles. The molecule has 0 spiro atoms. The number of nitrogens with two attached hydrogens (primary N) is 1. The lowest BCUT2D eigenvalue weighted by Gasteiger charge is -2.32. The molecule has 1 fully saturated rings. The molecule has 8 nitrogen and oxygen atoms in total. The van der Waals surface area contributed by atoms with Crippen LogP contribution in [0.25, 0.3) is 11.0 Å². The quantitative estimate of drug-likeness (QED) is 0.0789. The van der Waals surface area contributed by atoms with Gasteiger partial charge in [-0.15, -0.1) is 0 Å². The van der Waals surface area contributed by atoms with Crippen LogP contribution in [0.3, 0.4) is 0 Å². The zero-order chi connectivity index (χ0) is 29.0. The number of fused-ring (bicyclic) bond motifs is 1. The SMILES string of the molecule is C=C(C)[C@]1(COC(=O)CCCCCCCCCCCCCCC)OC(Cn2ccc3c(N)nc(Cl)nc32)C[C@@H]1O. The Morgan fingerprint density at radius 3 is 2.33 bits per heavy atom. The highest BCUT2D eigenvalue weighted by Gasteiger charge is 2.50. The number of aliphatic hydroxyl groups is 1. The average molecular weight is 577 g/mol. The molecule has 1 unspecified atom stereocenters. The van der Waals surface area contributed by atoms with Gasteiger partial charge in [-0.1, -0.05) is 90.6 Å². The number of esters is 1. The van der Waals surface area contributed by atoms with Crippen LogP contribution in [0, 0.1) is 0 Å².